The quantitative estimate of drug-likeness (QED) is 0.863. The van der Waals surface area contributed by atoms with Crippen LogP contribution in [0.25, 0.3) is 10.9 Å². The van der Waals surface area contributed by atoms with Crippen LogP contribution in [0.2, 0.25) is 0 Å². The van der Waals surface area contributed by atoms with Crippen molar-refractivity contribution in [2.45, 2.75) is 32.7 Å². The van der Waals surface area contributed by atoms with E-state index in [2.05, 4.69) is 33.2 Å². The van der Waals surface area contributed by atoms with Gasteiger partial charge in [-0.2, -0.15) is 0 Å². The SMILES string of the molecule is CCC(C)(CBr)NC(=O)c1cc(C)nc2ccccc12. The van der Waals surface area contributed by atoms with Crippen LogP contribution in [-0.4, -0.2) is 21.8 Å². The molecule has 1 N–H and O–H groups in total. The van der Waals surface area contributed by atoms with Crippen molar-refractivity contribution in [2.75, 3.05) is 5.33 Å². The molecule has 0 aliphatic heterocycles. The lowest BCUT2D eigenvalue weighted by Crippen LogP contribution is -2.47. The second-order valence-electron chi connectivity index (χ2n) is 5.33. The number of alkyl halides is 1. The van der Waals surface area contributed by atoms with Crippen molar-refractivity contribution in [1.29, 1.82) is 0 Å². The number of nitrogens with zero attached hydrogens (tertiary/aromatic N) is 1. The number of aryl methyl sites for hydroxylation is 1. The predicted octanol–water partition coefficient (Wildman–Crippen LogP) is 3.84. The first-order valence-electron chi connectivity index (χ1n) is 6.74. The number of hydrogen-bond acceptors (Lipinski definition) is 2. The van der Waals surface area contributed by atoms with Gasteiger partial charge in [0.1, 0.15) is 0 Å². The Morgan fingerprint density at radius 1 is 1.40 bits per heavy atom. The third kappa shape index (κ3) is 3.01. The first kappa shape index (κ1) is 15.0. The molecule has 0 saturated carbocycles. The summed E-state index contributed by atoms with van der Waals surface area (Å²) in [5, 5.41) is 4.73. The molecule has 4 heteroatoms. The van der Waals surface area contributed by atoms with E-state index in [1.807, 2.05) is 44.2 Å². The summed E-state index contributed by atoms with van der Waals surface area (Å²) < 4.78 is 0. The van der Waals surface area contributed by atoms with Gasteiger partial charge < -0.3 is 5.32 Å². The summed E-state index contributed by atoms with van der Waals surface area (Å²) >= 11 is 3.47. The molecule has 106 valence electrons. The maximum absolute atomic E-state index is 12.6. The van der Waals surface area contributed by atoms with Crippen molar-refractivity contribution in [2.24, 2.45) is 0 Å². The minimum atomic E-state index is -0.241. The van der Waals surface area contributed by atoms with Gasteiger partial charge >= 0.3 is 0 Å². The van der Waals surface area contributed by atoms with Gasteiger partial charge in [-0.25, -0.2) is 0 Å². The summed E-state index contributed by atoms with van der Waals surface area (Å²) in [5.74, 6) is -0.0458. The molecule has 1 heterocycles. The number of hydrogen-bond donors (Lipinski definition) is 1. The lowest BCUT2D eigenvalue weighted by atomic mass is 10.00. The molecule has 0 bridgehead atoms. The van der Waals surface area contributed by atoms with Crippen LogP contribution in [-0.2, 0) is 0 Å². The highest BCUT2D eigenvalue weighted by atomic mass is 79.9. The molecule has 0 fully saturated rings. The topological polar surface area (TPSA) is 42.0 Å². The molecule has 3 nitrogen and oxygen atoms in total. The van der Waals surface area contributed by atoms with Gasteiger partial charge in [-0.15, -0.1) is 0 Å². The van der Waals surface area contributed by atoms with Crippen molar-refractivity contribution in [3.8, 4) is 0 Å². The van der Waals surface area contributed by atoms with E-state index in [0.717, 1.165) is 28.3 Å². The molecule has 0 spiro atoms. The Labute approximate surface area is 127 Å². The Balaban J connectivity index is 2.44. The fourth-order valence-corrected chi connectivity index (χ4v) is 2.59. The highest BCUT2D eigenvalue weighted by molar-refractivity contribution is 9.09. The molecule has 0 aliphatic rings. The van der Waals surface area contributed by atoms with Crippen molar-refractivity contribution in [3.63, 3.8) is 0 Å². The zero-order valence-corrected chi connectivity index (χ0v) is 13.6. The van der Waals surface area contributed by atoms with E-state index in [9.17, 15) is 4.79 Å². The molecule has 1 amide bonds. The summed E-state index contributed by atoms with van der Waals surface area (Å²) in [7, 11) is 0. The molecule has 20 heavy (non-hydrogen) atoms. The summed E-state index contributed by atoms with van der Waals surface area (Å²) in [6, 6.07) is 9.59. The molecular formula is C16H19BrN2O. The predicted molar refractivity (Wildman–Crippen MR) is 86.4 cm³/mol. The van der Waals surface area contributed by atoms with Crippen LogP contribution >= 0.6 is 15.9 Å². The summed E-state index contributed by atoms with van der Waals surface area (Å²) in [4.78, 5) is 17.1. The molecule has 0 radical (unpaired) electrons. The number of nitrogens with one attached hydrogen (secondary N) is 1. The number of carbonyl (C=O) groups is 1. The van der Waals surface area contributed by atoms with Gasteiger partial charge in [-0.3, -0.25) is 9.78 Å². The second kappa shape index (κ2) is 5.92. The summed E-state index contributed by atoms with van der Waals surface area (Å²) in [6.45, 7) is 6.01. The normalized spacial score (nSPS) is 14.0. The highest BCUT2D eigenvalue weighted by Crippen LogP contribution is 2.20. The molecule has 0 aliphatic carbocycles. The Kier molecular flexibility index (Phi) is 4.43. The van der Waals surface area contributed by atoms with Crippen LogP contribution in [0.5, 0.6) is 0 Å². The van der Waals surface area contributed by atoms with Gasteiger partial charge in [0.15, 0.2) is 0 Å². The molecule has 2 rings (SSSR count). The number of amides is 1. The van der Waals surface area contributed by atoms with E-state index in [1.165, 1.54) is 0 Å². The van der Waals surface area contributed by atoms with Crippen molar-refractivity contribution >= 4 is 32.7 Å². The van der Waals surface area contributed by atoms with Crippen LogP contribution in [0.3, 0.4) is 0 Å². The van der Waals surface area contributed by atoms with Crippen molar-refractivity contribution < 1.29 is 4.79 Å². The Morgan fingerprint density at radius 3 is 2.75 bits per heavy atom. The molecular weight excluding hydrogens is 316 g/mol. The number of para-hydroxylation sites is 1. The fraction of sp³-hybridized carbons (Fsp3) is 0.375. The van der Waals surface area contributed by atoms with E-state index in [0.29, 0.717) is 5.56 Å². The highest BCUT2D eigenvalue weighted by Gasteiger charge is 2.24. The Morgan fingerprint density at radius 2 is 2.10 bits per heavy atom. The van der Waals surface area contributed by atoms with Crippen LogP contribution in [0.1, 0.15) is 36.3 Å². The van der Waals surface area contributed by atoms with E-state index in [-0.39, 0.29) is 11.4 Å². The van der Waals surface area contributed by atoms with Gasteiger partial charge in [-0.05, 0) is 32.4 Å². The number of fused-ring (bicyclic) bond motifs is 1. The lowest BCUT2D eigenvalue weighted by molar-refractivity contribution is 0.0915. The minimum absolute atomic E-state index is 0.0458. The van der Waals surface area contributed by atoms with Gasteiger partial charge in [0.2, 0.25) is 0 Å². The van der Waals surface area contributed by atoms with Crippen LogP contribution in [0.4, 0.5) is 0 Å². The standard InChI is InChI=1S/C16H19BrN2O/c1-4-16(3,10-17)19-15(20)13-9-11(2)18-14-8-6-5-7-12(13)14/h5-9H,4,10H2,1-3H3,(H,19,20). The van der Waals surface area contributed by atoms with Gasteiger partial charge in [-0.1, -0.05) is 41.1 Å². The first-order chi connectivity index (χ1) is 9.49. The number of rotatable bonds is 4. The van der Waals surface area contributed by atoms with E-state index >= 15 is 0 Å². The Hall–Kier alpha value is -1.42. The van der Waals surface area contributed by atoms with Gasteiger partial charge in [0.05, 0.1) is 11.1 Å². The van der Waals surface area contributed by atoms with E-state index in [4.69, 9.17) is 0 Å². The molecule has 1 unspecified atom stereocenters. The largest absolute Gasteiger partial charge is 0.346 e. The van der Waals surface area contributed by atoms with Crippen LogP contribution < -0.4 is 5.32 Å². The number of halogens is 1. The summed E-state index contributed by atoms with van der Waals surface area (Å²) in [5.41, 5.74) is 2.16. The van der Waals surface area contributed by atoms with Crippen molar-refractivity contribution in [1.82, 2.24) is 10.3 Å². The third-order valence-corrected chi connectivity index (χ3v) is 4.82. The fourth-order valence-electron chi connectivity index (χ4n) is 2.05. The number of pyridine rings is 1. The monoisotopic (exact) mass is 334 g/mol. The molecule has 2 aromatic rings. The Bertz CT molecular complexity index is 635. The van der Waals surface area contributed by atoms with Crippen molar-refractivity contribution in [3.05, 3.63) is 41.6 Å². The van der Waals surface area contributed by atoms with E-state index < -0.39 is 0 Å². The summed E-state index contributed by atoms with van der Waals surface area (Å²) in [6.07, 6.45) is 0.867. The second-order valence-corrected chi connectivity index (χ2v) is 5.89. The minimum Gasteiger partial charge on any atom is -0.346 e. The van der Waals surface area contributed by atoms with Crippen LogP contribution in [0, 0.1) is 6.92 Å². The number of benzene rings is 1. The third-order valence-electron chi connectivity index (χ3n) is 3.58. The maximum atomic E-state index is 12.6. The van der Waals surface area contributed by atoms with Gasteiger partial charge in [0, 0.05) is 21.9 Å². The first-order valence-corrected chi connectivity index (χ1v) is 7.86. The number of carbonyl (C=O) groups excluding carboxylic acids is 1. The van der Waals surface area contributed by atoms with Gasteiger partial charge in [0.25, 0.3) is 5.91 Å². The zero-order valence-electron chi connectivity index (χ0n) is 12.0. The van der Waals surface area contributed by atoms with Crippen LogP contribution in [0.15, 0.2) is 30.3 Å². The number of aromatic nitrogens is 1. The molecule has 0 saturated heterocycles. The molecule has 1 atom stereocenters. The average Bonchev–Trinajstić information content (AvgIpc) is 2.46. The average molecular weight is 335 g/mol. The molecule has 1 aromatic carbocycles. The smallest absolute Gasteiger partial charge is 0.252 e. The van der Waals surface area contributed by atoms with E-state index in [1.54, 1.807) is 0 Å². The maximum Gasteiger partial charge on any atom is 0.252 e. The molecule has 1 aromatic heterocycles. The lowest BCUT2D eigenvalue weighted by Gasteiger charge is -2.27. The zero-order chi connectivity index (χ0) is 14.8.